The molecular weight excluding hydrogens is 335 g/mol. The monoisotopic (exact) mass is 356 g/mol. The molecule has 1 amide bonds. The van der Waals surface area contributed by atoms with Crippen LogP contribution in [0.2, 0.25) is 0 Å². The fourth-order valence-corrected chi connectivity index (χ4v) is 3.05. The van der Waals surface area contributed by atoms with Crippen LogP contribution >= 0.6 is 0 Å². The van der Waals surface area contributed by atoms with Gasteiger partial charge in [0.05, 0.1) is 12.7 Å². The maximum absolute atomic E-state index is 13.3. The van der Waals surface area contributed by atoms with Crippen molar-refractivity contribution in [3.63, 3.8) is 0 Å². The molecule has 2 aromatic carbocycles. The smallest absolute Gasteiger partial charge is 0.337 e. The van der Waals surface area contributed by atoms with Gasteiger partial charge in [0.2, 0.25) is 0 Å². The number of ether oxygens (including phenoxy) is 1. The Bertz CT molecular complexity index is 784. The fraction of sp³-hybridized carbons (Fsp3) is 0.300. The Balaban J connectivity index is 1.55. The van der Waals surface area contributed by atoms with Gasteiger partial charge in [0.15, 0.2) is 0 Å². The van der Waals surface area contributed by atoms with Gasteiger partial charge in [-0.15, -0.1) is 0 Å². The Kier molecular flexibility index (Phi) is 5.63. The van der Waals surface area contributed by atoms with Crippen molar-refractivity contribution in [3.8, 4) is 0 Å². The third kappa shape index (κ3) is 4.26. The predicted molar refractivity (Wildman–Crippen MR) is 95.4 cm³/mol. The van der Waals surface area contributed by atoms with Crippen molar-refractivity contribution in [2.45, 2.75) is 6.54 Å². The lowest BCUT2D eigenvalue weighted by atomic mass is 10.1. The first kappa shape index (κ1) is 18.1. The van der Waals surface area contributed by atoms with E-state index < -0.39 is 5.97 Å². The van der Waals surface area contributed by atoms with Crippen LogP contribution in [0.3, 0.4) is 0 Å². The second kappa shape index (κ2) is 8.10. The maximum atomic E-state index is 13.3. The average Bonchev–Trinajstić information content (AvgIpc) is 2.67. The van der Waals surface area contributed by atoms with Crippen LogP contribution in [0.25, 0.3) is 0 Å². The van der Waals surface area contributed by atoms with E-state index in [1.807, 2.05) is 6.07 Å². The summed E-state index contributed by atoms with van der Waals surface area (Å²) >= 11 is 0. The summed E-state index contributed by atoms with van der Waals surface area (Å²) in [6.45, 7) is 3.39. The summed E-state index contributed by atoms with van der Waals surface area (Å²) in [5.41, 5.74) is 1.91. The number of benzene rings is 2. The molecule has 26 heavy (non-hydrogen) atoms. The zero-order chi connectivity index (χ0) is 18.5. The fourth-order valence-electron chi connectivity index (χ4n) is 3.05. The molecule has 2 aromatic rings. The normalized spacial score (nSPS) is 14.9. The van der Waals surface area contributed by atoms with Crippen molar-refractivity contribution in [1.29, 1.82) is 0 Å². The molecule has 1 saturated heterocycles. The summed E-state index contributed by atoms with van der Waals surface area (Å²) in [6, 6.07) is 13.1. The van der Waals surface area contributed by atoms with E-state index in [-0.39, 0.29) is 11.7 Å². The second-order valence-corrected chi connectivity index (χ2v) is 6.27. The summed E-state index contributed by atoms with van der Waals surface area (Å²) in [5.74, 6) is -0.700. The van der Waals surface area contributed by atoms with Gasteiger partial charge >= 0.3 is 5.97 Å². The number of hydrogen-bond acceptors (Lipinski definition) is 4. The first-order valence-electron chi connectivity index (χ1n) is 8.51. The second-order valence-electron chi connectivity index (χ2n) is 6.27. The molecule has 0 spiro atoms. The van der Waals surface area contributed by atoms with Crippen LogP contribution < -0.4 is 0 Å². The van der Waals surface area contributed by atoms with Gasteiger partial charge < -0.3 is 9.64 Å². The zero-order valence-corrected chi connectivity index (χ0v) is 14.7. The van der Waals surface area contributed by atoms with Crippen LogP contribution in [0.15, 0.2) is 48.5 Å². The molecule has 6 heteroatoms. The average molecular weight is 356 g/mol. The quantitative estimate of drug-likeness (QED) is 0.790. The number of carbonyl (C=O) groups excluding carboxylic acids is 2. The molecule has 0 saturated carbocycles. The molecule has 136 valence electrons. The molecule has 1 fully saturated rings. The highest BCUT2D eigenvalue weighted by atomic mass is 19.1. The molecule has 0 unspecified atom stereocenters. The van der Waals surface area contributed by atoms with Gasteiger partial charge in [-0.1, -0.05) is 12.1 Å². The minimum absolute atomic E-state index is 0.0492. The molecule has 0 bridgehead atoms. The summed E-state index contributed by atoms with van der Waals surface area (Å²) in [6.07, 6.45) is 0. The number of esters is 1. The van der Waals surface area contributed by atoms with Crippen LogP contribution in [0.1, 0.15) is 26.3 Å². The lowest BCUT2D eigenvalue weighted by molar-refractivity contribution is 0.0596. The molecule has 0 radical (unpaired) electrons. The Hall–Kier alpha value is -2.73. The van der Waals surface area contributed by atoms with E-state index in [4.69, 9.17) is 0 Å². The zero-order valence-electron chi connectivity index (χ0n) is 14.7. The predicted octanol–water partition coefficient (Wildman–Crippen LogP) is 2.57. The summed E-state index contributed by atoms with van der Waals surface area (Å²) in [4.78, 5) is 28.1. The minimum atomic E-state index is -0.421. The number of piperazine rings is 1. The molecular formula is C20H21FN2O3. The van der Waals surface area contributed by atoms with Gasteiger partial charge in [-0.25, -0.2) is 9.18 Å². The molecule has 0 N–H and O–H groups in total. The molecule has 1 heterocycles. The molecule has 5 nitrogen and oxygen atoms in total. The number of nitrogens with zero attached hydrogens (tertiary/aromatic N) is 2. The number of halogens is 1. The van der Waals surface area contributed by atoms with Crippen molar-refractivity contribution in [3.05, 3.63) is 71.0 Å². The van der Waals surface area contributed by atoms with Crippen molar-refractivity contribution in [2.75, 3.05) is 33.3 Å². The van der Waals surface area contributed by atoms with Gasteiger partial charge in [-0.3, -0.25) is 9.69 Å². The van der Waals surface area contributed by atoms with Crippen molar-refractivity contribution in [2.24, 2.45) is 0 Å². The molecule has 1 aliphatic rings. The van der Waals surface area contributed by atoms with Crippen molar-refractivity contribution >= 4 is 11.9 Å². The summed E-state index contributed by atoms with van der Waals surface area (Å²) in [7, 11) is 1.32. The van der Waals surface area contributed by atoms with E-state index >= 15 is 0 Å². The lowest BCUT2D eigenvalue weighted by Gasteiger charge is -2.34. The van der Waals surface area contributed by atoms with E-state index in [0.29, 0.717) is 30.8 Å². The van der Waals surface area contributed by atoms with Gasteiger partial charge in [-0.05, 0) is 42.0 Å². The third-order valence-corrected chi connectivity index (χ3v) is 4.51. The van der Waals surface area contributed by atoms with E-state index in [1.165, 1.54) is 13.2 Å². The minimum Gasteiger partial charge on any atom is -0.465 e. The van der Waals surface area contributed by atoms with Gasteiger partial charge in [0.1, 0.15) is 5.82 Å². The number of hydrogen-bond donors (Lipinski definition) is 0. The van der Waals surface area contributed by atoms with Crippen LogP contribution in [0.5, 0.6) is 0 Å². The Morgan fingerprint density at radius 3 is 2.27 bits per heavy atom. The van der Waals surface area contributed by atoms with Crippen molar-refractivity contribution < 1.29 is 18.7 Å². The Morgan fingerprint density at radius 1 is 1.00 bits per heavy atom. The van der Waals surface area contributed by atoms with Crippen LogP contribution in [0.4, 0.5) is 4.39 Å². The van der Waals surface area contributed by atoms with Crippen molar-refractivity contribution in [1.82, 2.24) is 9.80 Å². The SMILES string of the molecule is COC(=O)c1ccc(C(=O)N2CCN(Cc3cccc(F)c3)CC2)cc1. The van der Waals surface area contributed by atoms with Crippen LogP contribution in [-0.2, 0) is 11.3 Å². The highest BCUT2D eigenvalue weighted by molar-refractivity contribution is 5.96. The first-order chi connectivity index (χ1) is 12.6. The first-order valence-corrected chi connectivity index (χ1v) is 8.51. The lowest BCUT2D eigenvalue weighted by Crippen LogP contribution is -2.48. The number of methoxy groups -OCH3 is 1. The summed E-state index contributed by atoms with van der Waals surface area (Å²) < 4.78 is 17.9. The standard InChI is InChI=1S/C20H21FN2O3/c1-26-20(25)17-7-5-16(6-8-17)19(24)23-11-9-22(10-12-23)14-15-3-2-4-18(21)13-15/h2-8,13H,9-12,14H2,1H3. The third-order valence-electron chi connectivity index (χ3n) is 4.51. The van der Waals surface area contributed by atoms with Crippen LogP contribution in [-0.4, -0.2) is 55.0 Å². The summed E-state index contributed by atoms with van der Waals surface area (Å²) in [5, 5.41) is 0. The van der Waals surface area contributed by atoms with Gasteiger partial charge in [-0.2, -0.15) is 0 Å². The Morgan fingerprint density at radius 2 is 1.65 bits per heavy atom. The number of carbonyl (C=O) groups is 2. The van der Waals surface area contributed by atoms with E-state index in [9.17, 15) is 14.0 Å². The van der Waals surface area contributed by atoms with E-state index in [1.54, 1.807) is 41.3 Å². The number of rotatable bonds is 4. The molecule has 0 aliphatic carbocycles. The number of amides is 1. The molecule has 3 rings (SSSR count). The van der Waals surface area contributed by atoms with E-state index in [0.717, 1.165) is 18.7 Å². The molecule has 1 aliphatic heterocycles. The molecule has 0 atom stereocenters. The van der Waals surface area contributed by atoms with Crippen LogP contribution in [0, 0.1) is 5.82 Å². The molecule has 0 aromatic heterocycles. The maximum Gasteiger partial charge on any atom is 0.337 e. The van der Waals surface area contributed by atoms with E-state index in [2.05, 4.69) is 9.64 Å². The highest BCUT2D eigenvalue weighted by Crippen LogP contribution is 2.13. The largest absolute Gasteiger partial charge is 0.465 e. The highest BCUT2D eigenvalue weighted by Gasteiger charge is 2.22. The van der Waals surface area contributed by atoms with Gasteiger partial charge in [0.25, 0.3) is 5.91 Å². The van der Waals surface area contributed by atoms with Gasteiger partial charge in [0, 0.05) is 38.3 Å². The Labute approximate surface area is 152 Å². The topological polar surface area (TPSA) is 49.9 Å².